The van der Waals surface area contributed by atoms with Crippen molar-refractivity contribution in [2.45, 2.75) is 37.9 Å². The molecule has 27 heavy (non-hydrogen) atoms. The largest absolute Gasteiger partial charge is 0.480 e. The van der Waals surface area contributed by atoms with Crippen LogP contribution in [-0.4, -0.2) is 71.7 Å². The quantitative estimate of drug-likeness (QED) is 0.0703. The molecule has 0 spiro atoms. The van der Waals surface area contributed by atoms with Crippen LogP contribution in [0.25, 0.3) is 0 Å². The van der Waals surface area contributed by atoms with E-state index < -0.39 is 48.4 Å². The lowest BCUT2D eigenvalue weighted by atomic mass is 10.1. The molecule has 13 heteroatoms. The van der Waals surface area contributed by atoms with Gasteiger partial charge in [0.15, 0.2) is 5.96 Å². The summed E-state index contributed by atoms with van der Waals surface area (Å²) in [5.41, 5.74) is 16.1. The van der Waals surface area contributed by atoms with Crippen LogP contribution >= 0.6 is 12.6 Å². The highest BCUT2D eigenvalue weighted by molar-refractivity contribution is 7.80. The van der Waals surface area contributed by atoms with Gasteiger partial charge in [-0.3, -0.25) is 24.2 Å². The number of nitrogens with one attached hydrogen (secondary N) is 3. The minimum Gasteiger partial charge on any atom is -0.480 e. The van der Waals surface area contributed by atoms with E-state index in [0.29, 0.717) is 19.4 Å². The van der Waals surface area contributed by atoms with E-state index in [0.717, 1.165) is 0 Å². The molecule has 0 fully saturated rings. The zero-order chi connectivity index (χ0) is 21.0. The second kappa shape index (κ2) is 12.8. The summed E-state index contributed by atoms with van der Waals surface area (Å²) in [6.45, 7) is 1.17. The zero-order valence-corrected chi connectivity index (χ0v) is 15.9. The number of nitrogens with zero attached hydrogens (tertiary/aromatic N) is 1. The number of hydrogen-bond acceptors (Lipinski definition) is 7. The molecule has 0 heterocycles. The van der Waals surface area contributed by atoms with Crippen LogP contribution in [0.4, 0.5) is 0 Å². The van der Waals surface area contributed by atoms with Crippen molar-refractivity contribution in [3.63, 3.8) is 0 Å². The van der Waals surface area contributed by atoms with E-state index in [4.69, 9.17) is 22.3 Å². The van der Waals surface area contributed by atoms with Gasteiger partial charge in [0, 0.05) is 12.3 Å². The predicted octanol–water partition coefficient (Wildman–Crippen LogP) is -3.51. The zero-order valence-electron chi connectivity index (χ0n) is 15.0. The van der Waals surface area contributed by atoms with Crippen LogP contribution in [0, 0.1) is 0 Å². The Kier molecular flexibility index (Phi) is 11.6. The highest BCUT2D eigenvalue weighted by Gasteiger charge is 2.24. The molecule has 0 rings (SSSR count). The second-order valence-corrected chi connectivity index (χ2v) is 6.01. The summed E-state index contributed by atoms with van der Waals surface area (Å²) in [5.74, 6) is -3.20. The minimum absolute atomic E-state index is 0.0514. The molecule has 0 saturated carbocycles. The topological polar surface area (TPSA) is 215 Å². The van der Waals surface area contributed by atoms with E-state index in [9.17, 15) is 19.2 Å². The Hall–Kier alpha value is -2.54. The van der Waals surface area contributed by atoms with Crippen LogP contribution in [0.3, 0.4) is 0 Å². The highest BCUT2D eigenvalue weighted by atomic mass is 32.1. The third-order valence-electron chi connectivity index (χ3n) is 3.29. The maximum Gasteiger partial charge on any atom is 0.322 e. The molecule has 3 amide bonds. The Labute approximate surface area is 162 Å². The van der Waals surface area contributed by atoms with Gasteiger partial charge in [-0.25, -0.2) is 0 Å². The molecular weight excluding hydrogens is 378 g/mol. The second-order valence-electron chi connectivity index (χ2n) is 5.64. The molecule has 0 bridgehead atoms. The molecule has 0 aliphatic heterocycles. The smallest absolute Gasteiger partial charge is 0.322 e. The van der Waals surface area contributed by atoms with Crippen molar-refractivity contribution in [3.8, 4) is 0 Å². The lowest BCUT2D eigenvalue weighted by Crippen LogP contribution is -2.55. The van der Waals surface area contributed by atoms with Gasteiger partial charge in [0.05, 0.1) is 6.04 Å². The molecule has 0 aromatic rings. The first-order valence-corrected chi connectivity index (χ1v) is 8.73. The van der Waals surface area contributed by atoms with Gasteiger partial charge in [0.25, 0.3) is 0 Å². The molecule has 0 radical (unpaired) electrons. The van der Waals surface area contributed by atoms with Gasteiger partial charge in [0.1, 0.15) is 18.6 Å². The number of nitrogens with two attached hydrogens (primary N) is 3. The van der Waals surface area contributed by atoms with E-state index in [1.807, 2.05) is 0 Å². The van der Waals surface area contributed by atoms with E-state index in [1.165, 1.54) is 6.92 Å². The number of aliphatic imine (C=N–C) groups is 1. The SMILES string of the molecule is CC(NC(=O)C(N)CCCN=C(N)N)C(=O)NC(CS)C(=O)NCC(=O)O. The van der Waals surface area contributed by atoms with Gasteiger partial charge >= 0.3 is 5.97 Å². The first-order valence-electron chi connectivity index (χ1n) is 8.10. The van der Waals surface area contributed by atoms with Crippen LogP contribution in [0.15, 0.2) is 4.99 Å². The van der Waals surface area contributed by atoms with Crippen molar-refractivity contribution in [1.82, 2.24) is 16.0 Å². The fourth-order valence-electron chi connectivity index (χ4n) is 1.81. The van der Waals surface area contributed by atoms with Gasteiger partial charge in [-0.2, -0.15) is 12.6 Å². The Morgan fingerprint density at radius 1 is 1.11 bits per heavy atom. The summed E-state index contributed by atoms with van der Waals surface area (Å²) in [4.78, 5) is 50.1. The maximum absolute atomic E-state index is 12.1. The van der Waals surface area contributed by atoms with E-state index in [2.05, 4.69) is 33.6 Å². The Morgan fingerprint density at radius 2 is 1.74 bits per heavy atom. The predicted molar refractivity (Wildman–Crippen MR) is 102 cm³/mol. The summed E-state index contributed by atoms with van der Waals surface area (Å²) >= 11 is 3.95. The molecule has 154 valence electrons. The number of carboxylic acids is 1. The molecule has 10 N–H and O–H groups in total. The Morgan fingerprint density at radius 3 is 2.26 bits per heavy atom. The highest BCUT2D eigenvalue weighted by Crippen LogP contribution is 1.97. The number of hydrogen-bond donors (Lipinski definition) is 8. The standard InChI is InChI=1S/C14H27N7O5S/c1-7(20-12(25)8(15)3-2-4-18-14(16)17)11(24)21-9(6-27)13(26)19-5-10(22)23/h7-9,27H,2-6,15H2,1H3,(H,19,26)(H,20,25)(H,21,24)(H,22,23)(H4,16,17,18). The Bertz CT molecular complexity index is 568. The van der Waals surface area contributed by atoms with Crippen LogP contribution in [0.5, 0.6) is 0 Å². The first kappa shape index (κ1) is 24.5. The van der Waals surface area contributed by atoms with Crippen molar-refractivity contribution in [1.29, 1.82) is 0 Å². The van der Waals surface area contributed by atoms with Crippen molar-refractivity contribution < 1.29 is 24.3 Å². The summed E-state index contributed by atoms with van der Waals surface area (Å²) in [6.07, 6.45) is 0.798. The fourth-order valence-corrected chi connectivity index (χ4v) is 2.07. The lowest BCUT2D eigenvalue weighted by molar-refractivity contribution is -0.138. The normalized spacial score (nSPS) is 13.6. The monoisotopic (exact) mass is 405 g/mol. The third kappa shape index (κ3) is 10.9. The van der Waals surface area contributed by atoms with Crippen molar-refractivity contribution in [2.75, 3.05) is 18.8 Å². The number of carbonyl (C=O) groups is 4. The number of amides is 3. The van der Waals surface area contributed by atoms with Crippen LogP contribution in [0.1, 0.15) is 19.8 Å². The number of carbonyl (C=O) groups excluding carboxylic acids is 3. The van der Waals surface area contributed by atoms with E-state index in [1.54, 1.807) is 0 Å². The first-order chi connectivity index (χ1) is 12.6. The van der Waals surface area contributed by atoms with Crippen LogP contribution < -0.4 is 33.2 Å². The summed E-state index contributed by atoms with van der Waals surface area (Å²) in [7, 11) is 0. The molecular formula is C14H27N7O5S. The molecule has 0 saturated heterocycles. The average molecular weight is 405 g/mol. The van der Waals surface area contributed by atoms with Crippen LogP contribution in [0.2, 0.25) is 0 Å². The van der Waals surface area contributed by atoms with Crippen LogP contribution in [-0.2, 0) is 19.2 Å². The average Bonchev–Trinajstić information content (AvgIpc) is 2.60. The third-order valence-corrected chi connectivity index (χ3v) is 3.65. The van der Waals surface area contributed by atoms with Gasteiger partial charge in [-0.1, -0.05) is 0 Å². The number of thiol groups is 1. The van der Waals surface area contributed by atoms with E-state index in [-0.39, 0.29) is 11.7 Å². The molecule has 3 unspecified atom stereocenters. The summed E-state index contributed by atoms with van der Waals surface area (Å²) in [5, 5.41) is 15.5. The van der Waals surface area contributed by atoms with Crippen molar-refractivity contribution in [3.05, 3.63) is 0 Å². The lowest BCUT2D eigenvalue weighted by Gasteiger charge is -2.20. The molecule has 0 aliphatic carbocycles. The number of guanidine groups is 1. The van der Waals surface area contributed by atoms with Gasteiger partial charge in [-0.05, 0) is 19.8 Å². The molecule has 3 atom stereocenters. The summed E-state index contributed by atoms with van der Waals surface area (Å²) in [6, 6.07) is -2.86. The fraction of sp³-hybridized carbons (Fsp3) is 0.643. The molecule has 0 aromatic carbocycles. The summed E-state index contributed by atoms with van der Waals surface area (Å²) < 4.78 is 0. The Balaban J connectivity index is 4.44. The van der Waals surface area contributed by atoms with Gasteiger partial charge < -0.3 is 38.3 Å². The van der Waals surface area contributed by atoms with Gasteiger partial charge in [-0.15, -0.1) is 0 Å². The number of aliphatic carboxylic acids is 1. The number of carboxylic acid groups (broad SMARTS) is 1. The minimum atomic E-state index is -1.22. The molecule has 12 nitrogen and oxygen atoms in total. The van der Waals surface area contributed by atoms with Crippen molar-refractivity contribution in [2.24, 2.45) is 22.2 Å². The molecule has 0 aromatic heterocycles. The number of rotatable bonds is 12. The maximum atomic E-state index is 12.1. The van der Waals surface area contributed by atoms with E-state index >= 15 is 0 Å². The van der Waals surface area contributed by atoms with Gasteiger partial charge in [0.2, 0.25) is 17.7 Å². The molecule has 0 aliphatic rings. The van der Waals surface area contributed by atoms with Crippen molar-refractivity contribution >= 4 is 42.3 Å².